The molecular weight excluding hydrogens is 322 g/mol. The van der Waals surface area contributed by atoms with Crippen molar-refractivity contribution in [2.45, 2.75) is 48.1 Å². The van der Waals surface area contributed by atoms with E-state index in [1.807, 2.05) is 0.0844 Å². The fourth-order valence-electron chi connectivity index (χ4n) is 2.94. The molecule has 1 aliphatic rings. The Bertz CT molecular complexity index is 159. The van der Waals surface area contributed by atoms with E-state index in [9.17, 15) is 0 Å². The third kappa shape index (κ3) is 6.07. The normalized spacial score (nSPS) is 18.4. The van der Waals surface area contributed by atoms with Gasteiger partial charge in [-0.2, -0.15) is 0 Å². The minimum absolute atomic E-state index is 0.666. The number of rotatable bonds is 2. The van der Waals surface area contributed by atoms with E-state index >= 15 is 0 Å². The van der Waals surface area contributed by atoms with E-state index < -0.39 is 54.9 Å². The van der Waals surface area contributed by atoms with Crippen molar-refractivity contribution in [3.8, 4) is 0 Å². The van der Waals surface area contributed by atoms with Crippen LogP contribution in [0.4, 0.5) is 0 Å². The van der Waals surface area contributed by atoms with Crippen molar-refractivity contribution in [1.82, 2.24) is 0 Å². The third-order valence-electron chi connectivity index (χ3n) is 3.14. The van der Waals surface area contributed by atoms with Crippen LogP contribution < -0.4 is 0 Å². The van der Waals surface area contributed by atoms with Gasteiger partial charge in [-0.25, -0.2) is 0 Å². The first-order chi connectivity index (χ1) is 6.16. The zero-order valence-electron chi connectivity index (χ0n) is 11.0. The molecule has 0 spiro atoms. The summed E-state index contributed by atoms with van der Waals surface area (Å²) in [7, 11) is 0. The molecule has 0 unspecified atom stereocenters. The average Bonchev–Trinajstić information content (AvgIpc) is 1.75. The Balaban J connectivity index is 2.18. The molecule has 1 fully saturated rings. The van der Waals surface area contributed by atoms with E-state index in [2.05, 4.69) is 41.5 Å². The van der Waals surface area contributed by atoms with Gasteiger partial charge in [0.1, 0.15) is 0 Å². The van der Waals surface area contributed by atoms with E-state index in [1.165, 1.54) is 0 Å². The SMILES string of the molecule is CC(C)(C)[CH2][Y]1[CH2][Y]([CH2]C(C)(C)C)[CH2]1. The van der Waals surface area contributed by atoms with Crippen LogP contribution in [0.3, 0.4) is 0 Å². The van der Waals surface area contributed by atoms with Gasteiger partial charge in [0.05, 0.1) is 0 Å². The molecule has 0 saturated carbocycles. The Kier molecular flexibility index (Phi) is 5.34. The van der Waals surface area contributed by atoms with E-state index in [-0.39, 0.29) is 0 Å². The molecule has 0 nitrogen and oxygen atoms in total. The summed E-state index contributed by atoms with van der Waals surface area (Å²) >= 11 is -1.69. The number of hydrogen-bond donors (Lipinski definition) is 0. The maximum atomic E-state index is 2.44. The zero-order chi connectivity index (χ0) is 11.0. The molecule has 0 bridgehead atoms. The van der Waals surface area contributed by atoms with Gasteiger partial charge in [-0.05, 0) is 0 Å². The first-order valence-corrected chi connectivity index (χ1v) is 18.2. The summed E-state index contributed by atoms with van der Waals surface area (Å²) < 4.78 is 7.20. The van der Waals surface area contributed by atoms with Gasteiger partial charge in [-0.3, -0.25) is 0 Å². The van der Waals surface area contributed by atoms with Gasteiger partial charge in [0, 0.05) is 0 Å². The van der Waals surface area contributed by atoms with Crippen molar-refractivity contribution < 1.29 is 54.9 Å². The zero-order valence-corrected chi connectivity index (χ0v) is 16.7. The van der Waals surface area contributed by atoms with Crippen molar-refractivity contribution in [3.63, 3.8) is 0 Å². The second kappa shape index (κ2) is 5.24. The van der Waals surface area contributed by atoms with Crippen LogP contribution in [-0.4, -0.2) is 0 Å². The monoisotopic (exact) mass is 348 g/mol. The van der Waals surface area contributed by atoms with Crippen LogP contribution in [0.2, 0.25) is 6.55 Å². The molecule has 14 heavy (non-hydrogen) atoms. The summed E-state index contributed by atoms with van der Waals surface area (Å²) in [5.41, 5.74) is 1.33. The molecule has 0 amide bonds. The second-order valence-corrected chi connectivity index (χ2v) is 34.3. The minimum atomic E-state index is -0.847. The van der Waals surface area contributed by atoms with E-state index in [0.717, 1.165) is 0 Å². The molecule has 2 heteroatoms. The standard InChI is InChI=1S/2C5H11.2CH2.2Y/c2*1-5(2,3)4;;;;/h2*1H2,2-4H3;2*1H2;;. The van der Waals surface area contributed by atoms with Gasteiger partial charge in [0.15, 0.2) is 0 Å². The van der Waals surface area contributed by atoms with Gasteiger partial charge in [0.25, 0.3) is 0 Å². The Morgan fingerprint density at radius 1 is 0.714 bits per heavy atom. The third-order valence-corrected chi connectivity index (χ3v) is 57.3. The molecule has 0 aromatic heterocycles. The predicted octanol–water partition coefficient (Wildman–Crippen LogP) is 4.92. The Morgan fingerprint density at radius 3 is 1.21 bits per heavy atom. The van der Waals surface area contributed by atoms with Gasteiger partial charge in [0.2, 0.25) is 0 Å². The molecule has 1 rings (SSSR count). The maximum absolute atomic E-state index is 2.44. The Morgan fingerprint density at radius 2 is 1.00 bits per heavy atom. The average molecular weight is 348 g/mol. The summed E-state index contributed by atoms with van der Waals surface area (Å²) in [6.45, 7) is 14.6. The van der Waals surface area contributed by atoms with Crippen molar-refractivity contribution in [2.24, 2.45) is 10.8 Å². The molecule has 0 N–H and O–H groups in total. The van der Waals surface area contributed by atoms with Crippen LogP contribution in [0.25, 0.3) is 0 Å². The predicted molar refractivity (Wildman–Crippen MR) is 58.1 cm³/mol. The van der Waals surface area contributed by atoms with Gasteiger partial charge in [-0.15, -0.1) is 0 Å². The summed E-state index contributed by atoms with van der Waals surface area (Å²) in [5, 5.41) is 0. The van der Waals surface area contributed by atoms with Crippen LogP contribution in [0.5, 0.6) is 0 Å². The molecule has 0 aromatic carbocycles. The molecule has 0 radical (unpaired) electrons. The molecule has 0 atom stereocenters. The topological polar surface area (TPSA) is 0 Å². The van der Waals surface area contributed by atoms with Gasteiger partial charge >= 0.3 is 114 Å². The summed E-state index contributed by atoms with van der Waals surface area (Å²) in [6.07, 6.45) is 0. The molecule has 80 valence electrons. The first kappa shape index (κ1) is 14.3. The van der Waals surface area contributed by atoms with Crippen LogP contribution in [0.1, 0.15) is 41.5 Å². The fourth-order valence-corrected chi connectivity index (χ4v) is 52.5. The molecule has 1 aliphatic heterocycles. The molecule has 1 heterocycles. The molecule has 1 saturated heterocycles. The van der Waals surface area contributed by atoms with E-state index in [0.29, 0.717) is 10.8 Å². The molecule has 0 aliphatic carbocycles. The quantitative estimate of drug-likeness (QED) is 0.665. The van der Waals surface area contributed by atoms with Crippen molar-refractivity contribution in [1.29, 1.82) is 0 Å². The van der Waals surface area contributed by atoms with Crippen molar-refractivity contribution in [2.75, 3.05) is 0 Å². The molecular formula is C12H26Y2. The second-order valence-electron chi connectivity index (χ2n) is 7.73. The van der Waals surface area contributed by atoms with Gasteiger partial charge in [-0.1, -0.05) is 0 Å². The summed E-state index contributed by atoms with van der Waals surface area (Å²) in [5.74, 6) is 0. The summed E-state index contributed by atoms with van der Waals surface area (Å²) in [6, 6.07) is 0. The number of hydrogen-bond acceptors (Lipinski definition) is 0. The van der Waals surface area contributed by atoms with Crippen LogP contribution in [0, 0.1) is 10.8 Å². The van der Waals surface area contributed by atoms with Crippen LogP contribution in [0.15, 0.2) is 0 Å². The Labute approximate surface area is 112 Å². The van der Waals surface area contributed by atoms with Crippen molar-refractivity contribution in [3.05, 3.63) is 0 Å². The van der Waals surface area contributed by atoms with E-state index in [4.69, 9.17) is 0 Å². The summed E-state index contributed by atoms with van der Waals surface area (Å²) in [4.78, 5) is 0. The van der Waals surface area contributed by atoms with Crippen molar-refractivity contribution >= 4 is 0 Å². The van der Waals surface area contributed by atoms with E-state index in [1.54, 1.807) is 6.46 Å². The van der Waals surface area contributed by atoms with Crippen LogP contribution >= 0.6 is 0 Å². The first-order valence-electron chi connectivity index (χ1n) is 6.16. The Hall–Kier alpha value is 2.21. The fraction of sp³-hybridized carbons (Fsp3) is 1.00. The molecule has 0 aromatic rings. The van der Waals surface area contributed by atoms with Gasteiger partial charge < -0.3 is 0 Å². The van der Waals surface area contributed by atoms with Crippen LogP contribution in [-0.2, 0) is 54.9 Å².